The SMILES string of the molecule is O=S(=O)(NCc1ccc(F)cc1)c1ccccc1-c1nc(-c2ccccc2)no1. The number of nitrogens with zero attached hydrogens (tertiary/aromatic N) is 2. The number of rotatable bonds is 6. The second kappa shape index (κ2) is 7.94. The number of benzene rings is 3. The normalized spacial score (nSPS) is 11.5. The molecule has 29 heavy (non-hydrogen) atoms. The molecule has 0 amide bonds. The Kier molecular flexibility index (Phi) is 5.20. The van der Waals surface area contributed by atoms with E-state index in [1.54, 1.807) is 18.2 Å². The van der Waals surface area contributed by atoms with Crippen LogP contribution in [0.5, 0.6) is 0 Å². The summed E-state index contributed by atoms with van der Waals surface area (Å²) in [4.78, 5) is 4.36. The highest BCUT2D eigenvalue weighted by Crippen LogP contribution is 2.28. The summed E-state index contributed by atoms with van der Waals surface area (Å²) in [5.41, 5.74) is 1.70. The zero-order chi connectivity index (χ0) is 20.3. The van der Waals surface area contributed by atoms with Gasteiger partial charge in [0.2, 0.25) is 15.8 Å². The van der Waals surface area contributed by atoms with Gasteiger partial charge in [0.05, 0.1) is 10.5 Å². The largest absolute Gasteiger partial charge is 0.334 e. The average molecular weight is 409 g/mol. The molecule has 8 heteroatoms. The van der Waals surface area contributed by atoms with Crippen molar-refractivity contribution in [1.29, 1.82) is 0 Å². The van der Waals surface area contributed by atoms with Crippen molar-refractivity contribution in [2.45, 2.75) is 11.4 Å². The molecule has 1 heterocycles. The molecule has 0 aliphatic carbocycles. The lowest BCUT2D eigenvalue weighted by Crippen LogP contribution is -2.23. The molecule has 4 aromatic rings. The van der Waals surface area contributed by atoms with Crippen LogP contribution in [0, 0.1) is 5.82 Å². The lowest BCUT2D eigenvalue weighted by molar-refractivity contribution is 0.431. The van der Waals surface area contributed by atoms with Crippen molar-refractivity contribution in [3.8, 4) is 22.8 Å². The van der Waals surface area contributed by atoms with Crippen LogP contribution in [0.1, 0.15) is 5.56 Å². The van der Waals surface area contributed by atoms with Crippen molar-refractivity contribution in [3.63, 3.8) is 0 Å². The Hall–Kier alpha value is -3.36. The summed E-state index contributed by atoms with van der Waals surface area (Å²) < 4.78 is 46.6. The van der Waals surface area contributed by atoms with Crippen LogP contribution in [-0.2, 0) is 16.6 Å². The highest BCUT2D eigenvalue weighted by molar-refractivity contribution is 7.89. The fourth-order valence-electron chi connectivity index (χ4n) is 2.77. The average Bonchev–Trinajstić information content (AvgIpc) is 3.24. The zero-order valence-electron chi connectivity index (χ0n) is 15.1. The molecule has 146 valence electrons. The van der Waals surface area contributed by atoms with Crippen LogP contribution < -0.4 is 4.72 Å². The molecule has 3 aromatic carbocycles. The zero-order valence-corrected chi connectivity index (χ0v) is 15.9. The van der Waals surface area contributed by atoms with Gasteiger partial charge in [-0.2, -0.15) is 4.98 Å². The van der Waals surface area contributed by atoms with Gasteiger partial charge in [0.25, 0.3) is 5.89 Å². The number of hydrogen-bond acceptors (Lipinski definition) is 5. The van der Waals surface area contributed by atoms with Crippen LogP contribution in [-0.4, -0.2) is 18.6 Å². The maximum Gasteiger partial charge on any atom is 0.259 e. The molecule has 0 saturated carbocycles. The van der Waals surface area contributed by atoms with Gasteiger partial charge >= 0.3 is 0 Å². The van der Waals surface area contributed by atoms with E-state index in [0.29, 0.717) is 17.0 Å². The van der Waals surface area contributed by atoms with Crippen molar-refractivity contribution < 1.29 is 17.3 Å². The van der Waals surface area contributed by atoms with Crippen molar-refractivity contribution in [2.24, 2.45) is 0 Å². The van der Waals surface area contributed by atoms with E-state index in [0.717, 1.165) is 5.56 Å². The molecule has 0 aliphatic rings. The quantitative estimate of drug-likeness (QED) is 0.520. The predicted molar refractivity (Wildman–Crippen MR) is 106 cm³/mol. The number of aromatic nitrogens is 2. The van der Waals surface area contributed by atoms with Gasteiger partial charge in [-0.3, -0.25) is 0 Å². The number of nitrogens with one attached hydrogen (secondary N) is 1. The molecule has 4 rings (SSSR count). The minimum atomic E-state index is -3.87. The highest BCUT2D eigenvalue weighted by Gasteiger charge is 2.22. The highest BCUT2D eigenvalue weighted by atomic mass is 32.2. The summed E-state index contributed by atoms with van der Waals surface area (Å²) >= 11 is 0. The van der Waals surface area contributed by atoms with Crippen molar-refractivity contribution >= 4 is 10.0 Å². The predicted octanol–water partition coefficient (Wildman–Crippen LogP) is 4.02. The van der Waals surface area contributed by atoms with Crippen LogP contribution in [0.2, 0.25) is 0 Å². The number of sulfonamides is 1. The molecular formula is C21H16FN3O3S. The van der Waals surface area contributed by atoms with Gasteiger partial charge < -0.3 is 4.52 Å². The third-order valence-corrected chi connectivity index (χ3v) is 5.70. The summed E-state index contributed by atoms with van der Waals surface area (Å²) in [6.07, 6.45) is 0. The Morgan fingerprint density at radius 1 is 0.897 bits per heavy atom. The Morgan fingerprint density at radius 2 is 1.59 bits per heavy atom. The second-order valence-corrected chi connectivity index (χ2v) is 7.97. The topological polar surface area (TPSA) is 85.1 Å². The van der Waals surface area contributed by atoms with Gasteiger partial charge in [-0.1, -0.05) is 59.8 Å². The van der Waals surface area contributed by atoms with E-state index in [9.17, 15) is 12.8 Å². The Morgan fingerprint density at radius 3 is 2.34 bits per heavy atom. The standard InChI is InChI=1S/C21H16FN3O3S/c22-17-12-10-15(11-13-17)14-23-29(26,27)19-9-5-4-8-18(19)21-24-20(25-28-21)16-6-2-1-3-7-16/h1-13,23H,14H2. The third kappa shape index (κ3) is 4.23. The molecule has 0 radical (unpaired) electrons. The van der Waals surface area contributed by atoms with E-state index in [2.05, 4.69) is 14.9 Å². The summed E-state index contributed by atoms with van der Waals surface area (Å²) in [5, 5.41) is 3.95. The lowest BCUT2D eigenvalue weighted by atomic mass is 10.2. The minimum absolute atomic E-state index is 0.0189. The molecule has 0 fully saturated rings. The maximum absolute atomic E-state index is 13.0. The van der Waals surface area contributed by atoms with Gasteiger partial charge in [0.1, 0.15) is 5.82 Å². The van der Waals surface area contributed by atoms with Crippen LogP contribution in [0.25, 0.3) is 22.8 Å². The molecule has 0 saturated heterocycles. The first-order valence-corrected chi connectivity index (χ1v) is 10.2. The monoisotopic (exact) mass is 409 g/mol. The molecule has 1 aromatic heterocycles. The summed E-state index contributed by atoms with van der Waals surface area (Å²) in [7, 11) is -3.87. The summed E-state index contributed by atoms with van der Waals surface area (Å²) in [5.74, 6) is 0.0891. The van der Waals surface area contributed by atoms with Crippen LogP contribution in [0.4, 0.5) is 4.39 Å². The van der Waals surface area contributed by atoms with Crippen molar-refractivity contribution in [2.75, 3.05) is 0 Å². The van der Waals surface area contributed by atoms with E-state index in [1.807, 2.05) is 30.3 Å². The first-order chi connectivity index (χ1) is 14.0. The molecule has 0 aliphatic heterocycles. The van der Waals surface area contributed by atoms with Gasteiger partial charge in [0.15, 0.2) is 0 Å². The van der Waals surface area contributed by atoms with Crippen LogP contribution >= 0.6 is 0 Å². The molecular weight excluding hydrogens is 393 g/mol. The van der Waals surface area contributed by atoms with E-state index in [4.69, 9.17) is 4.52 Å². The van der Waals surface area contributed by atoms with Gasteiger partial charge in [0, 0.05) is 12.1 Å². The van der Waals surface area contributed by atoms with Gasteiger partial charge in [-0.25, -0.2) is 17.5 Å². The first kappa shape index (κ1) is 19.0. The smallest absolute Gasteiger partial charge is 0.259 e. The molecule has 0 spiro atoms. The van der Waals surface area contributed by atoms with E-state index in [1.165, 1.54) is 30.3 Å². The Balaban J connectivity index is 1.62. The summed E-state index contributed by atoms with van der Waals surface area (Å²) in [6, 6.07) is 21.2. The van der Waals surface area contributed by atoms with Crippen LogP contribution in [0.15, 0.2) is 88.3 Å². The minimum Gasteiger partial charge on any atom is -0.334 e. The molecule has 0 unspecified atom stereocenters. The van der Waals surface area contributed by atoms with Crippen LogP contribution in [0.3, 0.4) is 0 Å². The van der Waals surface area contributed by atoms with Crippen molar-refractivity contribution in [1.82, 2.24) is 14.9 Å². The first-order valence-electron chi connectivity index (χ1n) is 8.75. The van der Waals surface area contributed by atoms with E-state index < -0.39 is 10.0 Å². The van der Waals surface area contributed by atoms with Gasteiger partial charge in [-0.15, -0.1) is 0 Å². The fourth-order valence-corrected chi connectivity index (χ4v) is 3.99. The Bertz CT molecular complexity index is 1220. The molecule has 1 N–H and O–H groups in total. The summed E-state index contributed by atoms with van der Waals surface area (Å²) in [6.45, 7) is 0.0239. The fraction of sp³-hybridized carbons (Fsp3) is 0.0476. The molecule has 0 bridgehead atoms. The number of hydrogen-bond donors (Lipinski definition) is 1. The second-order valence-electron chi connectivity index (χ2n) is 6.24. The Labute approximate surface area is 167 Å². The third-order valence-electron chi connectivity index (χ3n) is 4.24. The number of halogens is 1. The molecule has 0 atom stereocenters. The van der Waals surface area contributed by atoms with Gasteiger partial charge in [-0.05, 0) is 29.8 Å². The lowest BCUT2D eigenvalue weighted by Gasteiger charge is -2.09. The molecule has 6 nitrogen and oxygen atoms in total. The van der Waals surface area contributed by atoms with Crippen molar-refractivity contribution in [3.05, 3.63) is 90.2 Å². The van der Waals surface area contributed by atoms with E-state index in [-0.39, 0.29) is 23.1 Å². The van der Waals surface area contributed by atoms with E-state index >= 15 is 0 Å². The maximum atomic E-state index is 13.0.